The summed E-state index contributed by atoms with van der Waals surface area (Å²) in [5.74, 6) is 1.06. The molecule has 2 fully saturated rings. The first-order valence-corrected chi connectivity index (χ1v) is 9.32. The third-order valence-corrected chi connectivity index (χ3v) is 6.12. The van der Waals surface area contributed by atoms with E-state index in [9.17, 15) is 18.0 Å². The number of carbonyl (C=O) groups excluding carboxylic acids is 1. The zero-order chi connectivity index (χ0) is 20.3. The van der Waals surface area contributed by atoms with Gasteiger partial charge in [0.2, 0.25) is 17.7 Å². The van der Waals surface area contributed by atoms with Gasteiger partial charge in [-0.2, -0.15) is 18.3 Å². The molecule has 28 heavy (non-hydrogen) atoms. The number of hydrogen-bond acceptors (Lipinski definition) is 5. The number of halogens is 3. The minimum Gasteiger partial charge on any atom is -0.423 e. The number of amides is 1. The molecule has 10 heteroatoms. The summed E-state index contributed by atoms with van der Waals surface area (Å²) in [6.07, 6.45) is -1.74. The lowest BCUT2D eigenvalue weighted by molar-refractivity contribution is -0.143. The second kappa shape index (κ2) is 6.31. The molecule has 152 valence electrons. The molecule has 2 aromatic rings. The molecule has 1 saturated carbocycles. The van der Waals surface area contributed by atoms with Crippen LogP contribution in [0, 0.1) is 26.7 Å². The number of alkyl halides is 3. The molecule has 3 heterocycles. The van der Waals surface area contributed by atoms with Gasteiger partial charge < -0.3 is 9.32 Å². The number of carbonyl (C=O) groups is 1. The van der Waals surface area contributed by atoms with E-state index >= 15 is 0 Å². The van der Waals surface area contributed by atoms with Crippen molar-refractivity contribution in [3.63, 3.8) is 0 Å². The monoisotopic (exact) mass is 397 g/mol. The Balaban J connectivity index is 1.59. The van der Waals surface area contributed by atoms with Crippen molar-refractivity contribution >= 4 is 5.91 Å². The smallest absolute Gasteiger partial charge is 0.408 e. The zero-order valence-electron chi connectivity index (χ0n) is 16.0. The van der Waals surface area contributed by atoms with Gasteiger partial charge in [0.1, 0.15) is 12.1 Å². The summed E-state index contributed by atoms with van der Waals surface area (Å²) in [4.78, 5) is 15.0. The van der Waals surface area contributed by atoms with Crippen LogP contribution in [0.2, 0.25) is 0 Å². The van der Waals surface area contributed by atoms with E-state index in [1.54, 1.807) is 25.7 Å². The Kier molecular flexibility index (Phi) is 4.27. The van der Waals surface area contributed by atoms with Crippen LogP contribution < -0.4 is 0 Å². The Bertz CT molecular complexity index is 919. The molecule has 0 bridgehead atoms. The van der Waals surface area contributed by atoms with Crippen molar-refractivity contribution in [2.24, 2.45) is 5.92 Å². The lowest BCUT2D eigenvalue weighted by Gasteiger charge is -2.47. The Labute approximate surface area is 159 Å². The van der Waals surface area contributed by atoms with Crippen LogP contribution in [0.1, 0.15) is 48.0 Å². The number of rotatable bonds is 4. The highest BCUT2D eigenvalue weighted by Crippen LogP contribution is 2.56. The lowest BCUT2D eigenvalue weighted by Crippen LogP contribution is -2.54. The molecule has 1 aliphatic carbocycles. The van der Waals surface area contributed by atoms with Crippen molar-refractivity contribution in [1.29, 1.82) is 0 Å². The van der Waals surface area contributed by atoms with Crippen molar-refractivity contribution in [2.45, 2.75) is 64.7 Å². The van der Waals surface area contributed by atoms with Crippen LogP contribution >= 0.6 is 0 Å². The third kappa shape index (κ3) is 2.89. The van der Waals surface area contributed by atoms with Gasteiger partial charge in [-0.15, -0.1) is 10.2 Å². The van der Waals surface area contributed by atoms with Crippen LogP contribution in [0.4, 0.5) is 13.2 Å². The van der Waals surface area contributed by atoms with Gasteiger partial charge in [-0.05, 0) is 39.0 Å². The van der Waals surface area contributed by atoms with Gasteiger partial charge in [0, 0.05) is 24.7 Å². The first-order valence-electron chi connectivity index (χ1n) is 9.32. The maximum Gasteiger partial charge on any atom is 0.408 e. The molecule has 7 nitrogen and oxygen atoms in total. The van der Waals surface area contributed by atoms with Crippen molar-refractivity contribution in [3.05, 3.63) is 28.7 Å². The molecule has 1 amide bonds. The van der Waals surface area contributed by atoms with Gasteiger partial charge in [0.05, 0.1) is 12.1 Å². The molecule has 2 aliphatic rings. The average molecular weight is 397 g/mol. The second-order valence-electron chi connectivity index (χ2n) is 7.72. The lowest BCUT2D eigenvalue weighted by atomic mass is 9.67. The van der Waals surface area contributed by atoms with Crippen molar-refractivity contribution in [2.75, 3.05) is 6.54 Å². The summed E-state index contributed by atoms with van der Waals surface area (Å²) in [7, 11) is 0. The van der Waals surface area contributed by atoms with Crippen LogP contribution in [0.3, 0.4) is 0 Å². The molecule has 0 spiro atoms. The van der Waals surface area contributed by atoms with Crippen LogP contribution in [0.15, 0.2) is 4.42 Å². The third-order valence-electron chi connectivity index (χ3n) is 6.12. The van der Waals surface area contributed by atoms with Crippen LogP contribution in [-0.4, -0.2) is 43.5 Å². The molecule has 0 N–H and O–H groups in total. The fourth-order valence-electron chi connectivity index (χ4n) is 4.62. The van der Waals surface area contributed by atoms with Gasteiger partial charge >= 0.3 is 6.18 Å². The van der Waals surface area contributed by atoms with E-state index in [2.05, 4.69) is 15.3 Å². The summed E-state index contributed by atoms with van der Waals surface area (Å²) >= 11 is 0. The van der Waals surface area contributed by atoms with E-state index in [0.717, 1.165) is 23.9 Å². The molecule has 0 radical (unpaired) electrons. The molecule has 0 aromatic carbocycles. The summed E-state index contributed by atoms with van der Waals surface area (Å²) in [5, 5.41) is 12.1. The minimum absolute atomic E-state index is 0.0110. The summed E-state index contributed by atoms with van der Waals surface area (Å²) in [6.45, 7) is 4.34. The van der Waals surface area contributed by atoms with Crippen molar-refractivity contribution in [1.82, 2.24) is 24.9 Å². The first kappa shape index (κ1) is 18.9. The predicted octanol–water partition coefficient (Wildman–Crippen LogP) is 2.83. The van der Waals surface area contributed by atoms with Gasteiger partial charge in [0.25, 0.3) is 0 Å². The number of likely N-dealkylation sites (tertiary alicyclic amines) is 1. The fourth-order valence-corrected chi connectivity index (χ4v) is 4.62. The molecule has 0 unspecified atom stereocenters. The van der Waals surface area contributed by atoms with E-state index in [4.69, 9.17) is 4.42 Å². The van der Waals surface area contributed by atoms with Gasteiger partial charge in [-0.1, -0.05) is 0 Å². The summed E-state index contributed by atoms with van der Waals surface area (Å²) < 4.78 is 44.9. The van der Waals surface area contributed by atoms with Crippen LogP contribution in [0.25, 0.3) is 0 Å². The Morgan fingerprint density at radius 2 is 2.00 bits per heavy atom. The molecule has 1 saturated heterocycles. The maximum atomic E-state index is 13.2. The number of aromatic nitrogens is 4. The number of aryl methyl sites for hydroxylation is 2. The number of nitrogens with zero attached hydrogens (tertiary/aromatic N) is 5. The molecule has 4 rings (SSSR count). The fraction of sp³-hybridized carbons (Fsp3) is 0.667. The standard InChI is InChI=1S/C18H22F3N5O2/c1-10-14(11(2)26(24-10)9-18(19,20)21)8-15(27)25-7-5-13-4-6-17(13,25)16-23-22-12(3)28-16/h13H,4-9H2,1-3H3/t13-,17-/m0/s1. The second-order valence-corrected chi connectivity index (χ2v) is 7.72. The Morgan fingerprint density at radius 3 is 2.57 bits per heavy atom. The summed E-state index contributed by atoms with van der Waals surface area (Å²) in [5.41, 5.74) is 0.800. The highest BCUT2D eigenvalue weighted by Gasteiger charge is 2.60. The molecular weight excluding hydrogens is 375 g/mol. The average Bonchev–Trinajstić information content (AvgIpc) is 3.18. The highest BCUT2D eigenvalue weighted by molar-refractivity contribution is 5.81. The minimum atomic E-state index is -4.36. The molecule has 2 aromatic heterocycles. The Hall–Kier alpha value is -2.39. The summed E-state index contributed by atoms with van der Waals surface area (Å²) in [6, 6.07) is 0. The van der Waals surface area contributed by atoms with Crippen LogP contribution in [0.5, 0.6) is 0 Å². The first-order chi connectivity index (χ1) is 13.1. The number of hydrogen-bond donors (Lipinski definition) is 0. The van der Waals surface area contributed by atoms with E-state index in [1.807, 2.05) is 0 Å². The van der Waals surface area contributed by atoms with E-state index in [0.29, 0.717) is 35.3 Å². The Morgan fingerprint density at radius 1 is 1.25 bits per heavy atom. The van der Waals surface area contributed by atoms with E-state index < -0.39 is 18.3 Å². The topological polar surface area (TPSA) is 77.1 Å². The normalized spacial score (nSPS) is 24.4. The quantitative estimate of drug-likeness (QED) is 0.793. The van der Waals surface area contributed by atoms with Gasteiger partial charge in [0.15, 0.2) is 0 Å². The van der Waals surface area contributed by atoms with E-state index in [1.165, 1.54) is 0 Å². The molecule has 1 aliphatic heterocycles. The largest absolute Gasteiger partial charge is 0.423 e. The molecule has 2 atom stereocenters. The van der Waals surface area contributed by atoms with E-state index in [-0.39, 0.29) is 18.2 Å². The SMILES string of the molecule is Cc1nnc([C@]23CC[C@H]2CCN3C(=O)Cc2c(C)nn(CC(F)(F)F)c2C)o1. The maximum absolute atomic E-state index is 13.2. The number of fused-ring (bicyclic) bond motifs is 1. The predicted molar refractivity (Wildman–Crippen MR) is 91.2 cm³/mol. The van der Waals surface area contributed by atoms with Crippen molar-refractivity contribution in [3.8, 4) is 0 Å². The highest BCUT2D eigenvalue weighted by atomic mass is 19.4. The van der Waals surface area contributed by atoms with Crippen molar-refractivity contribution < 1.29 is 22.4 Å². The molecular formula is C18H22F3N5O2. The van der Waals surface area contributed by atoms with Crippen LogP contribution in [-0.2, 0) is 23.3 Å². The van der Waals surface area contributed by atoms with Gasteiger partial charge in [-0.3, -0.25) is 9.48 Å². The zero-order valence-corrected chi connectivity index (χ0v) is 16.0. The van der Waals surface area contributed by atoms with Gasteiger partial charge in [-0.25, -0.2) is 0 Å².